The molecule has 1 aromatic heterocycles. The molecule has 1 fully saturated rings. The zero-order valence-electron chi connectivity index (χ0n) is 50.6. The van der Waals surface area contributed by atoms with E-state index < -0.39 is 0 Å². The van der Waals surface area contributed by atoms with Crippen LogP contribution in [0, 0.1) is 6.92 Å². The first-order valence-electron chi connectivity index (χ1n) is 30.6. The number of fused-ring (bicyclic) bond motifs is 12. The van der Waals surface area contributed by atoms with E-state index >= 15 is 0 Å². The van der Waals surface area contributed by atoms with Crippen LogP contribution in [-0.2, 0) is 32.5 Å². The zero-order chi connectivity index (χ0) is 56.3. The predicted molar refractivity (Wildman–Crippen MR) is 345 cm³/mol. The fraction of sp³-hybridized carbons (Fsp3) is 0.368. The molecule has 0 bridgehead atoms. The van der Waals surface area contributed by atoms with Crippen LogP contribution in [0.25, 0.3) is 33.1 Å². The molecule has 2 unspecified atom stereocenters. The molecule has 0 radical (unpaired) electrons. The van der Waals surface area contributed by atoms with Crippen molar-refractivity contribution in [1.29, 1.82) is 0 Å². The van der Waals surface area contributed by atoms with Gasteiger partial charge in [0.1, 0.15) is 11.2 Å². The van der Waals surface area contributed by atoms with Gasteiger partial charge in [-0.1, -0.05) is 175 Å². The Morgan fingerprint density at radius 1 is 0.444 bits per heavy atom. The first kappa shape index (κ1) is 50.9. The van der Waals surface area contributed by atoms with Gasteiger partial charge in [-0.3, -0.25) is 0 Å². The topological polar surface area (TPSA) is 22.9 Å². The van der Waals surface area contributed by atoms with Crippen molar-refractivity contribution in [1.82, 2.24) is 0 Å². The van der Waals surface area contributed by atoms with Crippen LogP contribution in [0.4, 0.5) is 45.5 Å². The molecule has 8 aromatic carbocycles. The highest BCUT2D eigenvalue weighted by Crippen LogP contribution is 2.63. The lowest BCUT2D eigenvalue weighted by Crippen LogP contribution is -2.62. The Labute approximate surface area is 482 Å². The number of hydrogen-bond donors (Lipinski definition) is 0. The Hall–Kier alpha value is -6.98. The first-order chi connectivity index (χ1) is 38.4. The molecule has 0 saturated heterocycles. The Morgan fingerprint density at radius 2 is 1.04 bits per heavy atom. The summed E-state index contributed by atoms with van der Waals surface area (Å²) < 4.78 is 6.85. The Kier molecular flexibility index (Phi) is 10.4. The molecule has 2 atom stereocenters. The summed E-state index contributed by atoms with van der Waals surface area (Å²) in [6.45, 7) is 34.6. The lowest BCUT2D eigenvalue weighted by molar-refractivity contribution is 0.195. The second-order valence-corrected chi connectivity index (χ2v) is 29.9. The van der Waals surface area contributed by atoms with Crippen molar-refractivity contribution in [2.24, 2.45) is 0 Å². The van der Waals surface area contributed by atoms with E-state index in [1.54, 1.807) is 0 Å². The lowest BCUT2D eigenvalue weighted by atomic mass is 9.33. The highest BCUT2D eigenvalue weighted by Gasteiger charge is 2.59. The molecular weight excluding hydrogens is 982 g/mol. The van der Waals surface area contributed by atoms with Crippen molar-refractivity contribution >= 4 is 90.5 Å². The predicted octanol–water partition coefficient (Wildman–Crippen LogP) is 19.0. The molecule has 0 N–H and O–H groups in total. The van der Waals surface area contributed by atoms with Crippen LogP contribution in [0.3, 0.4) is 0 Å². The molecule has 81 heavy (non-hydrogen) atoms. The lowest BCUT2D eigenvalue weighted by Gasteiger charge is -2.51. The van der Waals surface area contributed by atoms with Crippen molar-refractivity contribution in [3.8, 4) is 11.1 Å². The van der Waals surface area contributed by atoms with Crippen LogP contribution < -0.4 is 31.1 Å². The number of aryl methyl sites for hydroxylation is 1. The van der Waals surface area contributed by atoms with E-state index in [1.165, 1.54) is 119 Å². The maximum atomic E-state index is 6.85. The fourth-order valence-electron chi connectivity index (χ4n) is 17.3. The molecule has 4 heterocycles. The van der Waals surface area contributed by atoms with E-state index in [4.69, 9.17) is 4.42 Å². The monoisotopic (exact) mass is 1060 g/mol. The number of nitrogens with zero attached hydrogens (tertiary/aromatic N) is 3. The quantitative estimate of drug-likeness (QED) is 0.164. The second-order valence-electron chi connectivity index (χ2n) is 29.9. The molecule has 3 aliphatic heterocycles. The summed E-state index contributed by atoms with van der Waals surface area (Å²) >= 11 is 0. The molecule has 1 saturated carbocycles. The number of furan rings is 1. The highest BCUT2D eigenvalue weighted by molar-refractivity contribution is 7.00. The summed E-state index contributed by atoms with van der Waals surface area (Å²) in [4.78, 5) is 8.27. The summed E-state index contributed by atoms with van der Waals surface area (Å²) in [5, 5.41) is 2.30. The molecule has 0 amide bonds. The molecule has 4 nitrogen and oxygen atoms in total. The van der Waals surface area contributed by atoms with Gasteiger partial charge >= 0.3 is 0 Å². The van der Waals surface area contributed by atoms with Gasteiger partial charge in [-0.05, 0) is 200 Å². The van der Waals surface area contributed by atoms with Crippen LogP contribution in [0.5, 0.6) is 0 Å². The average molecular weight is 1060 g/mol. The van der Waals surface area contributed by atoms with Gasteiger partial charge < -0.3 is 19.1 Å². The Morgan fingerprint density at radius 3 is 1.73 bits per heavy atom. The maximum Gasteiger partial charge on any atom is 0.252 e. The molecule has 5 heteroatoms. The second kappa shape index (κ2) is 16.6. The van der Waals surface area contributed by atoms with Gasteiger partial charge in [0.15, 0.2) is 0 Å². The first-order valence-corrected chi connectivity index (χ1v) is 30.6. The smallest absolute Gasteiger partial charge is 0.252 e. The van der Waals surface area contributed by atoms with Crippen LogP contribution >= 0.6 is 0 Å². The molecule has 0 spiro atoms. The molecule has 3 aliphatic carbocycles. The van der Waals surface area contributed by atoms with Gasteiger partial charge in [-0.2, -0.15) is 0 Å². The molecular formula is C76H80BN3O. The molecule has 15 rings (SSSR count). The molecule has 9 aromatic rings. The van der Waals surface area contributed by atoms with Crippen molar-refractivity contribution in [3.63, 3.8) is 0 Å². The van der Waals surface area contributed by atoms with Crippen molar-refractivity contribution in [3.05, 3.63) is 185 Å². The van der Waals surface area contributed by atoms with E-state index in [2.05, 4.69) is 257 Å². The van der Waals surface area contributed by atoms with E-state index in [1.807, 2.05) is 0 Å². The van der Waals surface area contributed by atoms with Crippen molar-refractivity contribution in [2.75, 3.05) is 14.7 Å². The minimum atomic E-state index is -0.194. The summed E-state index contributed by atoms with van der Waals surface area (Å²) in [7, 11) is 0. The highest BCUT2D eigenvalue weighted by atomic mass is 16.3. The third kappa shape index (κ3) is 7.08. The summed E-state index contributed by atoms with van der Waals surface area (Å²) in [5.41, 5.74) is 28.5. The van der Waals surface area contributed by atoms with E-state index in [-0.39, 0.29) is 44.7 Å². The largest absolute Gasteiger partial charge is 0.456 e. The Balaban J connectivity index is 1.09. The van der Waals surface area contributed by atoms with Crippen LogP contribution in [0.15, 0.2) is 150 Å². The van der Waals surface area contributed by atoms with Gasteiger partial charge in [-0.15, -0.1) is 0 Å². The van der Waals surface area contributed by atoms with E-state index in [0.717, 1.165) is 59.7 Å². The van der Waals surface area contributed by atoms with Gasteiger partial charge in [-0.25, -0.2) is 0 Å². The normalized spacial score (nSPS) is 22.2. The van der Waals surface area contributed by atoms with Crippen molar-refractivity contribution in [2.45, 2.75) is 180 Å². The minimum Gasteiger partial charge on any atom is -0.456 e. The molecule has 408 valence electrons. The number of anilines is 8. The summed E-state index contributed by atoms with van der Waals surface area (Å²) in [6, 6.07) is 57.5. The maximum absolute atomic E-state index is 6.85. The standard InChI is InChI=1S/C76H80BN3O/c1-46-36-49(70(2,3)4)27-31-61(46)79-64-43-56-54(71(5,6)34-35-72(56,7)8)41-60(64)77-59-42-55-57(74(11,12)45-73(55,9)10)44-63(59)78(50-28-29-53-52-24-18-19-25-67(52)81-68(53)40-50)65-38-51(39-66(79)69(65)77)80-62-30-26-48(47-22-16-15-17-23-47)37-58(62)75(13)32-20-21-33-76(75,80)14/h15-19,22-31,36-44H,20-21,32-35,45H2,1-14H3. The number of hydrogen-bond acceptors (Lipinski definition) is 4. The van der Waals surface area contributed by atoms with E-state index in [0.29, 0.717) is 0 Å². The van der Waals surface area contributed by atoms with Crippen LogP contribution in [0.2, 0.25) is 0 Å². The third-order valence-electron chi connectivity index (χ3n) is 21.9. The van der Waals surface area contributed by atoms with Gasteiger partial charge in [0.05, 0.1) is 5.54 Å². The summed E-state index contributed by atoms with van der Waals surface area (Å²) in [6.07, 6.45) is 8.09. The van der Waals surface area contributed by atoms with Crippen molar-refractivity contribution < 1.29 is 4.42 Å². The van der Waals surface area contributed by atoms with Gasteiger partial charge in [0, 0.05) is 67.8 Å². The number of benzene rings is 8. The van der Waals surface area contributed by atoms with Gasteiger partial charge in [0.25, 0.3) is 6.71 Å². The molecule has 6 aliphatic rings. The Bertz CT molecular complexity index is 4170. The average Bonchev–Trinajstić information content (AvgIpc) is 2.93. The van der Waals surface area contributed by atoms with Crippen LogP contribution in [0.1, 0.15) is 174 Å². The van der Waals surface area contributed by atoms with Gasteiger partial charge in [0.2, 0.25) is 0 Å². The number of para-hydroxylation sites is 1. The van der Waals surface area contributed by atoms with E-state index in [9.17, 15) is 0 Å². The summed E-state index contributed by atoms with van der Waals surface area (Å²) in [5.74, 6) is 0. The number of rotatable bonds is 4. The SMILES string of the molecule is Cc1cc(C(C)(C)C)ccc1N1c2cc3c(cc2B2c4cc5c(cc4N(c4ccc6c(c4)oc4ccccc46)c4cc(N6c7ccc(-c8ccccc8)cc7C7(C)CCCCC67C)cc1c42)C(C)(C)CC5(C)C)C(C)(C)CCC3(C)C. The fourth-order valence-corrected chi connectivity index (χ4v) is 17.3. The minimum absolute atomic E-state index is 0.00131. The third-order valence-corrected chi connectivity index (χ3v) is 21.9. The zero-order valence-corrected chi connectivity index (χ0v) is 50.6. The van der Waals surface area contributed by atoms with Crippen LogP contribution in [-0.4, -0.2) is 12.3 Å².